The zero-order valence-corrected chi connectivity index (χ0v) is 13.9. The number of para-hydroxylation sites is 1. The number of rotatable bonds is 5. The third-order valence-corrected chi connectivity index (χ3v) is 4.52. The van der Waals surface area contributed by atoms with Crippen molar-refractivity contribution < 1.29 is 4.79 Å². The van der Waals surface area contributed by atoms with Gasteiger partial charge in [-0.05, 0) is 30.5 Å². The molecule has 0 radical (unpaired) electrons. The van der Waals surface area contributed by atoms with Crippen LogP contribution in [0.5, 0.6) is 0 Å². The fourth-order valence-electron chi connectivity index (χ4n) is 3.55. The van der Waals surface area contributed by atoms with Gasteiger partial charge in [0.2, 0.25) is 0 Å². The summed E-state index contributed by atoms with van der Waals surface area (Å²) in [5.74, 6) is 0.124. The van der Waals surface area contributed by atoms with Crippen LogP contribution in [-0.4, -0.2) is 17.4 Å². The van der Waals surface area contributed by atoms with Crippen molar-refractivity contribution in [3.05, 3.63) is 65.7 Å². The average molecular weight is 308 g/mol. The molecule has 0 spiro atoms. The van der Waals surface area contributed by atoms with Gasteiger partial charge in [0.05, 0.1) is 5.56 Å². The molecule has 2 aromatic rings. The Morgan fingerprint density at radius 3 is 2.35 bits per heavy atom. The van der Waals surface area contributed by atoms with E-state index < -0.39 is 5.66 Å². The lowest BCUT2D eigenvalue weighted by Crippen LogP contribution is -2.57. The van der Waals surface area contributed by atoms with Crippen LogP contribution >= 0.6 is 0 Å². The fraction of sp³-hybridized carbons (Fsp3) is 0.350. The van der Waals surface area contributed by atoms with Crippen LogP contribution in [-0.2, 0) is 5.66 Å². The number of hydrogen-bond donors (Lipinski definition) is 1. The first-order valence-electron chi connectivity index (χ1n) is 8.47. The highest BCUT2D eigenvalue weighted by Gasteiger charge is 2.44. The van der Waals surface area contributed by atoms with Crippen molar-refractivity contribution in [3.8, 4) is 0 Å². The maximum absolute atomic E-state index is 13.2. The fourth-order valence-corrected chi connectivity index (χ4v) is 3.55. The Kier molecular flexibility index (Phi) is 4.37. The molecule has 3 nitrogen and oxygen atoms in total. The summed E-state index contributed by atoms with van der Waals surface area (Å²) in [6.45, 7) is 5.03. The van der Waals surface area contributed by atoms with Crippen molar-refractivity contribution in [2.45, 2.75) is 38.8 Å². The minimum Gasteiger partial charge on any atom is -0.358 e. The highest BCUT2D eigenvalue weighted by Crippen LogP contribution is 2.41. The maximum Gasteiger partial charge on any atom is 0.258 e. The lowest BCUT2D eigenvalue weighted by molar-refractivity contribution is 0.0469. The molecule has 1 unspecified atom stereocenters. The number of carbonyl (C=O) groups excluding carboxylic acids is 1. The lowest BCUT2D eigenvalue weighted by Gasteiger charge is -2.49. The quantitative estimate of drug-likeness (QED) is 0.874. The van der Waals surface area contributed by atoms with E-state index in [1.165, 1.54) is 0 Å². The Bertz CT molecular complexity index is 683. The molecule has 1 atom stereocenters. The Morgan fingerprint density at radius 2 is 1.65 bits per heavy atom. The summed E-state index contributed by atoms with van der Waals surface area (Å²) in [5, 5.41) is 3.70. The van der Waals surface area contributed by atoms with Crippen LogP contribution in [0.1, 0.15) is 49.0 Å². The van der Waals surface area contributed by atoms with Crippen molar-refractivity contribution in [2.75, 3.05) is 11.9 Å². The van der Waals surface area contributed by atoms with Gasteiger partial charge < -0.3 is 10.2 Å². The van der Waals surface area contributed by atoms with Gasteiger partial charge in [-0.15, -0.1) is 0 Å². The van der Waals surface area contributed by atoms with Crippen LogP contribution in [0.3, 0.4) is 0 Å². The van der Waals surface area contributed by atoms with Gasteiger partial charge in [0.25, 0.3) is 5.91 Å². The average Bonchev–Trinajstić information content (AvgIpc) is 2.59. The molecule has 3 heteroatoms. The Labute approximate surface area is 138 Å². The van der Waals surface area contributed by atoms with Gasteiger partial charge in [0, 0.05) is 12.2 Å². The number of fused-ring (bicyclic) bond motifs is 1. The number of hydrogen-bond acceptors (Lipinski definition) is 2. The van der Waals surface area contributed by atoms with E-state index in [4.69, 9.17) is 0 Å². The lowest BCUT2D eigenvalue weighted by atomic mass is 9.88. The van der Waals surface area contributed by atoms with Crippen LogP contribution < -0.4 is 5.32 Å². The summed E-state index contributed by atoms with van der Waals surface area (Å²) in [7, 11) is 0. The van der Waals surface area contributed by atoms with Crippen LogP contribution in [0.25, 0.3) is 0 Å². The zero-order chi connectivity index (χ0) is 16.3. The van der Waals surface area contributed by atoms with E-state index in [1.54, 1.807) is 0 Å². The molecule has 1 amide bonds. The molecule has 0 fully saturated rings. The van der Waals surface area contributed by atoms with Crippen LogP contribution in [0, 0.1) is 0 Å². The molecule has 1 N–H and O–H groups in total. The summed E-state index contributed by atoms with van der Waals surface area (Å²) < 4.78 is 0. The molecule has 23 heavy (non-hydrogen) atoms. The summed E-state index contributed by atoms with van der Waals surface area (Å²) in [5.41, 5.74) is 2.39. The molecule has 3 rings (SSSR count). The van der Waals surface area contributed by atoms with Crippen LogP contribution in [0.15, 0.2) is 54.6 Å². The smallest absolute Gasteiger partial charge is 0.258 e. The Morgan fingerprint density at radius 1 is 0.957 bits per heavy atom. The highest BCUT2D eigenvalue weighted by atomic mass is 16.2. The number of nitrogens with one attached hydrogen (secondary N) is 1. The van der Waals surface area contributed by atoms with Gasteiger partial charge in [-0.3, -0.25) is 4.79 Å². The monoisotopic (exact) mass is 308 g/mol. The highest BCUT2D eigenvalue weighted by molar-refractivity contribution is 6.02. The maximum atomic E-state index is 13.2. The molecule has 1 heterocycles. The van der Waals surface area contributed by atoms with E-state index in [-0.39, 0.29) is 5.91 Å². The van der Waals surface area contributed by atoms with Gasteiger partial charge in [-0.25, -0.2) is 0 Å². The largest absolute Gasteiger partial charge is 0.358 e. The second kappa shape index (κ2) is 6.45. The molecule has 2 aromatic carbocycles. The molecule has 0 saturated heterocycles. The van der Waals surface area contributed by atoms with Crippen molar-refractivity contribution in [2.24, 2.45) is 0 Å². The molecule has 0 aromatic heterocycles. The zero-order valence-electron chi connectivity index (χ0n) is 13.9. The first kappa shape index (κ1) is 15.6. The van der Waals surface area contributed by atoms with E-state index in [0.29, 0.717) is 0 Å². The van der Waals surface area contributed by atoms with Crippen molar-refractivity contribution in [3.63, 3.8) is 0 Å². The van der Waals surface area contributed by atoms with E-state index >= 15 is 0 Å². The first-order valence-corrected chi connectivity index (χ1v) is 8.47. The first-order chi connectivity index (χ1) is 11.2. The minimum absolute atomic E-state index is 0.124. The Hall–Kier alpha value is -2.29. The van der Waals surface area contributed by atoms with Crippen LogP contribution in [0.4, 0.5) is 5.69 Å². The number of benzene rings is 2. The SMILES string of the molecule is CCCN1C(=O)c2ccccc2NC1(CCC)c1ccccc1. The molecular formula is C20H24N2O. The third-order valence-electron chi connectivity index (χ3n) is 4.52. The Balaban J connectivity index is 2.18. The van der Waals surface area contributed by atoms with Gasteiger partial charge in [0.15, 0.2) is 0 Å². The van der Waals surface area contributed by atoms with E-state index in [1.807, 2.05) is 47.4 Å². The van der Waals surface area contributed by atoms with Crippen molar-refractivity contribution in [1.82, 2.24) is 4.90 Å². The van der Waals surface area contributed by atoms with Gasteiger partial charge in [-0.2, -0.15) is 0 Å². The predicted molar refractivity (Wildman–Crippen MR) is 94.4 cm³/mol. The molecule has 0 saturated carbocycles. The summed E-state index contributed by atoms with van der Waals surface area (Å²) in [4.78, 5) is 15.2. The molecule has 1 aliphatic heterocycles. The molecular weight excluding hydrogens is 284 g/mol. The molecule has 0 bridgehead atoms. The predicted octanol–water partition coefficient (Wildman–Crippen LogP) is 4.62. The van der Waals surface area contributed by atoms with E-state index in [9.17, 15) is 4.79 Å². The number of carbonyl (C=O) groups is 1. The standard InChI is InChI=1S/C20H24N2O/c1-3-14-20(16-10-6-5-7-11-16)21-18-13-9-8-12-17(18)19(23)22(20)15-4-2/h5-13,21H,3-4,14-15H2,1-2H3. The van der Waals surface area contributed by atoms with Gasteiger partial charge in [0.1, 0.15) is 5.66 Å². The normalized spacial score (nSPS) is 20.1. The number of anilines is 1. The summed E-state index contributed by atoms with van der Waals surface area (Å²) in [6.07, 6.45) is 2.82. The second-order valence-electron chi connectivity index (χ2n) is 6.10. The molecule has 0 aliphatic carbocycles. The topological polar surface area (TPSA) is 32.3 Å². The van der Waals surface area contributed by atoms with E-state index in [2.05, 4.69) is 31.3 Å². The minimum atomic E-state index is -0.461. The van der Waals surface area contributed by atoms with Crippen LogP contribution in [0.2, 0.25) is 0 Å². The third kappa shape index (κ3) is 2.61. The van der Waals surface area contributed by atoms with Gasteiger partial charge >= 0.3 is 0 Å². The molecule has 1 aliphatic rings. The summed E-state index contributed by atoms with van der Waals surface area (Å²) >= 11 is 0. The number of nitrogens with zero attached hydrogens (tertiary/aromatic N) is 1. The van der Waals surface area contributed by atoms with Crippen molar-refractivity contribution >= 4 is 11.6 Å². The molecule has 120 valence electrons. The van der Waals surface area contributed by atoms with Gasteiger partial charge in [-0.1, -0.05) is 62.7 Å². The van der Waals surface area contributed by atoms with Crippen molar-refractivity contribution in [1.29, 1.82) is 0 Å². The van der Waals surface area contributed by atoms with E-state index in [0.717, 1.165) is 42.6 Å². The second-order valence-corrected chi connectivity index (χ2v) is 6.10. The number of amides is 1. The summed E-state index contributed by atoms with van der Waals surface area (Å²) in [6, 6.07) is 18.2.